The predicted molar refractivity (Wildman–Crippen MR) is 105 cm³/mol. The van der Waals surface area contributed by atoms with Crippen molar-refractivity contribution < 1.29 is 9.53 Å². The standard InChI is InChI=1S/C21H24N4O2/c1-27-19-7-6-16-11-15(4-5-17(16)12-19)13-23-21(26)20-8-10-25(24-20)18-3-2-9-22-14-18/h4-8,10-12,18,22H,2-3,9,13-14H2,1H3,(H,23,26). The smallest absolute Gasteiger partial charge is 0.272 e. The molecule has 4 rings (SSSR count). The van der Waals surface area contributed by atoms with Crippen molar-refractivity contribution in [1.29, 1.82) is 0 Å². The molecule has 140 valence electrons. The number of amides is 1. The molecule has 2 aromatic carbocycles. The van der Waals surface area contributed by atoms with Gasteiger partial charge < -0.3 is 15.4 Å². The summed E-state index contributed by atoms with van der Waals surface area (Å²) in [5, 5.41) is 13.0. The van der Waals surface area contributed by atoms with Gasteiger partial charge in [-0.1, -0.05) is 18.2 Å². The van der Waals surface area contributed by atoms with Crippen LogP contribution < -0.4 is 15.4 Å². The predicted octanol–water partition coefficient (Wildman–Crippen LogP) is 2.90. The van der Waals surface area contributed by atoms with Crippen LogP contribution in [0.1, 0.15) is 34.9 Å². The normalized spacial score (nSPS) is 17.0. The van der Waals surface area contributed by atoms with Gasteiger partial charge >= 0.3 is 0 Å². The molecule has 1 saturated heterocycles. The van der Waals surface area contributed by atoms with E-state index in [4.69, 9.17) is 4.74 Å². The molecule has 2 heterocycles. The second-order valence-electron chi connectivity index (χ2n) is 6.91. The van der Waals surface area contributed by atoms with Gasteiger partial charge in [-0.15, -0.1) is 0 Å². The summed E-state index contributed by atoms with van der Waals surface area (Å²) in [6, 6.07) is 14.2. The summed E-state index contributed by atoms with van der Waals surface area (Å²) in [4.78, 5) is 12.4. The fourth-order valence-electron chi connectivity index (χ4n) is 3.50. The summed E-state index contributed by atoms with van der Waals surface area (Å²) in [5.41, 5.74) is 1.52. The quantitative estimate of drug-likeness (QED) is 0.730. The molecule has 0 spiro atoms. The largest absolute Gasteiger partial charge is 0.497 e. The van der Waals surface area contributed by atoms with Crippen molar-refractivity contribution in [2.45, 2.75) is 25.4 Å². The monoisotopic (exact) mass is 364 g/mol. The zero-order chi connectivity index (χ0) is 18.6. The number of aromatic nitrogens is 2. The molecule has 1 fully saturated rings. The zero-order valence-corrected chi connectivity index (χ0v) is 15.4. The lowest BCUT2D eigenvalue weighted by Gasteiger charge is -2.22. The van der Waals surface area contributed by atoms with E-state index in [0.29, 0.717) is 18.3 Å². The maximum atomic E-state index is 12.4. The number of carbonyl (C=O) groups excluding carboxylic acids is 1. The van der Waals surface area contributed by atoms with Gasteiger partial charge in [0.15, 0.2) is 0 Å². The second-order valence-corrected chi connectivity index (χ2v) is 6.91. The van der Waals surface area contributed by atoms with Crippen molar-refractivity contribution in [1.82, 2.24) is 20.4 Å². The van der Waals surface area contributed by atoms with Gasteiger partial charge in [-0.25, -0.2) is 0 Å². The Morgan fingerprint density at radius 3 is 2.93 bits per heavy atom. The van der Waals surface area contributed by atoms with Crippen molar-refractivity contribution in [2.24, 2.45) is 0 Å². The van der Waals surface area contributed by atoms with Crippen molar-refractivity contribution in [3.8, 4) is 5.75 Å². The minimum atomic E-state index is -0.146. The number of hydrogen-bond donors (Lipinski definition) is 2. The summed E-state index contributed by atoms with van der Waals surface area (Å²) in [6.45, 7) is 2.44. The molecule has 2 N–H and O–H groups in total. The van der Waals surface area contributed by atoms with E-state index in [1.807, 2.05) is 41.2 Å². The first-order valence-electron chi connectivity index (χ1n) is 9.34. The Balaban J connectivity index is 1.40. The van der Waals surface area contributed by atoms with E-state index in [1.54, 1.807) is 13.2 Å². The lowest BCUT2D eigenvalue weighted by atomic mass is 10.1. The van der Waals surface area contributed by atoms with Crippen LogP contribution in [0.15, 0.2) is 48.7 Å². The molecule has 1 aliphatic rings. The van der Waals surface area contributed by atoms with Gasteiger partial charge in [0.05, 0.1) is 13.2 Å². The van der Waals surface area contributed by atoms with Gasteiger partial charge in [0.2, 0.25) is 0 Å². The summed E-state index contributed by atoms with van der Waals surface area (Å²) in [5.74, 6) is 0.694. The number of nitrogens with zero attached hydrogens (tertiary/aromatic N) is 2. The lowest BCUT2D eigenvalue weighted by molar-refractivity contribution is 0.0944. The molecule has 1 amide bonds. The van der Waals surface area contributed by atoms with Crippen molar-refractivity contribution >= 4 is 16.7 Å². The number of piperidine rings is 1. The van der Waals surface area contributed by atoms with E-state index < -0.39 is 0 Å². The third-order valence-electron chi connectivity index (χ3n) is 5.05. The van der Waals surface area contributed by atoms with E-state index in [0.717, 1.165) is 48.0 Å². The molecule has 1 aromatic heterocycles. The third kappa shape index (κ3) is 3.95. The number of methoxy groups -OCH3 is 1. The lowest BCUT2D eigenvalue weighted by Crippen LogP contribution is -2.32. The van der Waals surface area contributed by atoms with E-state index >= 15 is 0 Å². The van der Waals surface area contributed by atoms with Crippen LogP contribution in [0.2, 0.25) is 0 Å². The first-order chi connectivity index (χ1) is 13.2. The number of rotatable bonds is 5. The molecule has 0 saturated carbocycles. The van der Waals surface area contributed by atoms with E-state index in [2.05, 4.69) is 21.8 Å². The summed E-state index contributed by atoms with van der Waals surface area (Å²) < 4.78 is 7.16. The van der Waals surface area contributed by atoms with E-state index in [9.17, 15) is 4.79 Å². The maximum absolute atomic E-state index is 12.4. The molecule has 0 bridgehead atoms. The summed E-state index contributed by atoms with van der Waals surface area (Å²) in [6.07, 6.45) is 4.13. The summed E-state index contributed by atoms with van der Waals surface area (Å²) in [7, 11) is 1.66. The Kier molecular flexibility index (Phi) is 5.07. The minimum Gasteiger partial charge on any atom is -0.497 e. The number of fused-ring (bicyclic) bond motifs is 1. The van der Waals surface area contributed by atoms with Gasteiger partial charge in [0.25, 0.3) is 5.91 Å². The van der Waals surface area contributed by atoms with Gasteiger partial charge in [-0.2, -0.15) is 5.10 Å². The number of nitrogens with one attached hydrogen (secondary N) is 2. The van der Waals surface area contributed by atoms with Crippen LogP contribution in [0, 0.1) is 0 Å². The average Bonchev–Trinajstić information content (AvgIpc) is 3.22. The van der Waals surface area contributed by atoms with Crippen LogP contribution in [-0.4, -0.2) is 35.9 Å². The van der Waals surface area contributed by atoms with Gasteiger partial charge in [0.1, 0.15) is 11.4 Å². The number of benzene rings is 2. The molecule has 1 atom stereocenters. The molecular weight excluding hydrogens is 340 g/mol. The van der Waals surface area contributed by atoms with E-state index in [-0.39, 0.29) is 5.91 Å². The maximum Gasteiger partial charge on any atom is 0.272 e. The number of carbonyl (C=O) groups is 1. The van der Waals surface area contributed by atoms with Gasteiger partial charge in [-0.05, 0) is 60.0 Å². The first kappa shape index (κ1) is 17.5. The molecule has 6 heteroatoms. The van der Waals surface area contributed by atoms with Crippen molar-refractivity contribution in [3.63, 3.8) is 0 Å². The highest BCUT2D eigenvalue weighted by molar-refractivity contribution is 5.92. The highest BCUT2D eigenvalue weighted by atomic mass is 16.5. The Hall–Kier alpha value is -2.86. The highest BCUT2D eigenvalue weighted by Crippen LogP contribution is 2.22. The Bertz CT molecular complexity index is 944. The zero-order valence-electron chi connectivity index (χ0n) is 15.4. The minimum absolute atomic E-state index is 0.146. The Morgan fingerprint density at radius 2 is 2.11 bits per heavy atom. The number of ether oxygens (including phenoxy) is 1. The highest BCUT2D eigenvalue weighted by Gasteiger charge is 2.17. The van der Waals surface area contributed by atoms with Crippen molar-refractivity contribution in [3.05, 3.63) is 59.9 Å². The average molecular weight is 364 g/mol. The number of hydrogen-bond acceptors (Lipinski definition) is 4. The van der Waals surface area contributed by atoms with Crippen LogP contribution in [-0.2, 0) is 6.54 Å². The molecule has 3 aromatic rings. The van der Waals surface area contributed by atoms with Crippen molar-refractivity contribution in [2.75, 3.05) is 20.2 Å². The molecule has 1 aliphatic heterocycles. The fourth-order valence-corrected chi connectivity index (χ4v) is 3.50. The molecular formula is C21H24N4O2. The van der Waals surface area contributed by atoms with Crippen LogP contribution in [0.3, 0.4) is 0 Å². The molecule has 27 heavy (non-hydrogen) atoms. The second kappa shape index (κ2) is 7.80. The molecule has 6 nitrogen and oxygen atoms in total. The van der Waals surface area contributed by atoms with Crippen LogP contribution in [0.25, 0.3) is 10.8 Å². The first-order valence-corrected chi connectivity index (χ1v) is 9.34. The topological polar surface area (TPSA) is 68.2 Å². The van der Waals surface area contributed by atoms with Crippen LogP contribution in [0.4, 0.5) is 0 Å². The molecule has 1 unspecified atom stereocenters. The Morgan fingerprint density at radius 1 is 1.26 bits per heavy atom. The van der Waals surface area contributed by atoms with Crippen LogP contribution >= 0.6 is 0 Å². The van der Waals surface area contributed by atoms with Gasteiger partial charge in [0, 0.05) is 19.3 Å². The molecule has 0 aliphatic carbocycles. The van der Waals surface area contributed by atoms with Gasteiger partial charge in [-0.3, -0.25) is 9.48 Å². The van der Waals surface area contributed by atoms with Crippen LogP contribution in [0.5, 0.6) is 5.75 Å². The SMILES string of the molecule is COc1ccc2cc(CNC(=O)c3ccn(C4CCCNC4)n3)ccc2c1. The third-order valence-corrected chi connectivity index (χ3v) is 5.05. The van der Waals surface area contributed by atoms with E-state index in [1.165, 1.54) is 0 Å². The fraction of sp³-hybridized carbons (Fsp3) is 0.333. The summed E-state index contributed by atoms with van der Waals surface area (Å²) >= 11 is 0. The Labute approximate surface area is 158 Å². The molecule has 0 radical (unpaired) electrons.